The van der Waals surface area contributed by atoms with Gasteiger partial charge in [0.25, 0.3) is 0 Å². The first-order chi connectivity index (χ1) is 4.79. The summed E-state index contributed by atoms with van der Waals surface area (Å²) in [5.41, 5.74) is 0. The van der Waals surface area contributed by atoms with E-state index in [4.69, 9.17) is 10.0 Å². The van der Waals surface area contributed by atoms with E-state index in [1.165, 1.54) is 18.6 Å². The van der Waals surface area contributed by atoms with Crippen LogP contribution in [0.2, 0.25) is 0 Å². The highest BCUT2D eigenvalue weighted by atomic mass is 16.6. The second kappa shape index (κ2) is 3.14. The molecule has 0 saturated carbocycles. The van der Waals surface area contributed by atoms with E-state index in [1.807, 2.05) is 0 Å². The molecule has 0 aromatic carbocycles. The van der Waals surface area contributed by atoms with Crippen molar-refractivity contribution in [2.24, 2.45) is 0 Å². The number of aromatic nitrogens is 2. The lowest BCUT2D eigenvalue weighted by molar-refractivity contribution is 0.282. The molecule has 0 atom stereocenters. The fraction of sp³-hybridized carbons (Fsp3) is 0. The normalized spacial score (nSPS) is 9.00. The summed E-state index contributed by atoms with van der Waals surface area (Å²) < 4.78 is 4.35. The van der Waals surface area contributed by atoms with Crippen LogP contribution in [0.1, 0.15) is 0 Å². The molecule has 0 fully saturated rings. The van der Waals surface area contributed by atoms with E-state index >= 15 is 0 Å². The summed E-state index contributed by atoms with van der Waals surface area (Å²) in [6.45, 7) is 0. The van der Waals surface area contributed by atoms with Crippen LogP contribution in [0.15, 0.2) is 18.6 Å². The Balaban J connectivity index is 2.59. The SMILES string of the molecule is OB(O)Oc1cnccn1. The van der Waals surface area contributed by atoms with Crippen molar-refractivity contribution in [1.82, 2.24) is 9.97 Å². The van der Waals surface area contributed by atoms with Gasteiger partial charge in [0, 0.05) is 12.4 Å². The van der Waals surface area contributed by atoms with E-state index < -0.39 is 7.32 Å². The summed E-state index contributed by atoms with van der Waals surface area (Å²) in [5.74, 6) is 0.0810. The number of nitrogens with zero attached hydrogens (tertiary/aromatic N) is 2. The van der Waals surface area contributed by atoms with Crippen molar-refractivity contribution in [1.29, 1.82) is 0 Å². The summed E-state index contributed by atoms with van der Waals surface area (Å²) in [6.07, 6.45) is 4.12. The number of hydrogen-bond donors (Lipinski definition) is 2. The molecule has 6 heteroatoms. The molecule has 0 amide bonds. The molecule has 10 heavy (non-hydrogen) atoms. The third-order valence-corrected chi connectivity index (χ3v) is 0.766. The lowest BCUT2D eigenvalue weighted by Gasteiger charge is -1.99. The third kappa shape index (κ3) is 2.00. The van der Waals surface area contributed by atoms with E-state index in [0.717, 1.165) is 0 Å². The Morgan fingerprint density at radius 3 is 2.70 bits per heavy atom. The van der Waals surface area contributed by atoms with Crippen molar-refractivity contribution in [3.63, 3.8) is 0 Å². The minimum atomic E-state index is -1.84. The van der Waals surface area contributed by atoms with Gasteiger partial charge in [0.05, 0.1) is 6.20 Å². The maximum Gasteiger partial charge on any atom is 0.708 e. The van der Waals surface area contributed by atoms with E-state index in [2.05, 4.69) is 14.6 Å². The third-order valence-electron chi connectivity index (χ3n) is 0.766. The molecule has 0 aliphatic rings. The summed E-state index contributed by atoms with van der Waals surface area (Å²) in [7, 11) is -1.84. The zero-order chi connectivity index (χ0) is 7.40. The van der Waals surface area contributed by atoms with Gasteiger partial charge in [0.2, 0.25) is 5.88 Å². The Hall–Kier alpha value is -1.14. The van der Waals surface area contributed by atoms with Crippen LogP contribution in [0.3, 0.4) is 0 Å². The van der Waals surface area contributed by atoms with Crippen LogP contribution in [0.5, 0.6) is 5.88 Å². The molecule has 0 bridgehead atoms. The highest BCUT2D eigenvalue weighted by Crippen LogP contribution is 1.99. The largest absolute Gasteiger partial charge is 0.708 e. The maximum atomic E-state index is 8.27. The molecular formula is C4H5BN2O3. The van der Waals surface area contributed by atoms with E-state index in [0.29, 0.717) is 0 Å². The maximum absolute atomic E-state index is 8.27. The lowest BCUT2D eigenvalue weighted by Crippen LogP contribution is -2.21. The van der Waals surface area contributed by atoms with Crippen LogP contribution in [-0.4, -0.2) is 27.3 Å². The Bertz CT molecular complexity index is 193. The topological polar surface area (TPSA) is 75.5 Å². The Morgan fingerprint density at radius 1 is 1.40 bits per heavy atom. The van der Waals surface area contributed by atoms with Gasteiger partial charge in [0.15, 0.2) is 0 Å². The Kier molecular flexibility index (Phi) is 2.19. The predicted molar refractivity (Wildman–Crippen MR) is 32.9 cm³/mol. The fourth-order valence-corrected chi connectivity index (χ4v) is 0.454. The molecule has 0 unspecified atom stereocenters. The zero-order valence-electron chi connectivity index (χ0n) is 5.01. The van der Waals surface area contributed by atoms with Crippen molar-refractivity contribution in [3.05, 3.63) is 18.6 Å². The van der Waals surface area contributed by atoms with E-state index in [-0.39, 0.29) is 5.88 Å². The van der Waals surface area contributed by atoms with E-state index in [9.17, 15) is 0 Å². The van der Waals surface area contributed by atoms with Gasteiger partial charge in [-0.3, -0.25) is 4.98 Å². The van der Waals surface area contributed by atoms with Crippen LogP contribution >= 0.6 is 0 Å². The molecule has 0 radical (unpaired) electrons. The molecule has 0 aliphatic heterocycles. The van der Waals surface area contributed by atoms with Gasteiger partial charge in [0.1, 0.15) is 0 Å². The first-order valence-electron chi connectivity index (χ1n) is 2.58. The van der Waals surface area contributed by atoms with Crippen LogP contribution in [0, 0.1) is 0 Å². The van der Waals surface area contributed by atoms with Gasteiger partial charge in [-0.1, -0.05) is 0 Å². The molecule has 1 heterocycles. The highest BCUT2D eigenvalue weighted by molar-refractivity contribution is 6.33. The average molecular weight is 140 g/mol. The van der Waals surface area contributed by atoms with Gasteiger partial charge < -0.3 is 14.7 Å². The Labute approximate surface area is 57.5 Å². The molecule has 0 spiro atoms. The van der Waals surface area contributed by atoms with Crippen molar-refractivity contribution in [2.45, 2.75) is 0 Å². The molecule has 1 aromatic heterocycles. The predicted octanol–water partition coefficient (Wildman–Crippen LogP) is -1.18. The molecule has 0 aliphatic carbocycles. The first kappa shape index (κ1) is 6.98. The Morgan fingerprint density at radius 2 is 2.20 bits per heavy atom. The standard InChI is InChI=1S/C4H5BN2O3/c8-5(9)10-4-3-6-1-2-7-4/h1-3,8-9H. The first-order valence-corrected chi connectivity index (χ1v) is 2.58. The second-order valence-electron chi connectivity index (χ2n) is 1.49. The van der Waals surface area contributed by atoms with Crippen molar-refractivity contribution >= 4 is 7.32 Å². The van der Waals surface area contributed by atoms with Gasteiger partial charge in [-0.05, 0) is 0 Å². The number of hydrogen-bond acceptors (Lipinski definition) is 5. The minimum absolute atomic E-state index is 0.0810. The van der Waals surface area contributed by atoms with E-state index in [1.54, 1.807) is 0 Å². The van der Waals surface area contributed by atoms with Gasteiger partial charge in [-0.2, -0.15) is 0 Å². The molecule has 1 rings (SSSR count). The fourth-order valence-electron chi connectivity index (χ4n) is 0.454. The van der Waals surface area contributed by atoms with Crippen molar-refractivity contribution < 1.29 is 14.7 Å². The highest BCUT2D eigenvalue weighted by Gasteiger charge is 2.10. The van der Waals surface area contributed by atoms with Gasteiger partial charge >= 0.3 is 7.32 Å². The van der Waals surface area contributed by atoms with Crippen molar-refractivity contribution in [2.75, 3.05) is 0 Å². The van der Waals surface area contributed by atoms with Crippen LogP contribution < -0.4 is 4.65 Å². The zero-order valence-corrected chi connectivity index (χ0v) is 5.01. The average Bonchev–Trinajstić information content (AvgIpc) is 1.88. The summed E-state index contributed by atoms with van der Waals surface area (Å²) >= 11 is 0. The lowest BCUT2D eigenvalue weighted by atomic mass is 10.3. The molecule has 52 valence electrons. The monoisotopic (exact) mass is 140 g/mol. The van der Waals surface area contributed by atoms with Crippen LogP contribution in [-0.2, 0) is 0 Å². The van der Waals surface area contributed by atoms with Crippen molar-refractivity contribution in [3.8, 4) is 5.88 Å². The molecule has 2 N–H and O–H groups in total. The summed E-state index contributed by atoms with van der Waals surface area (Å²) in [6, 6.07) is 0. The molecule has 5 nitrogen and oxygen atoms in total. The van der Waals surface area contributed by atoms with Gasteiger partial charge in [-0.25, -0.2) is 4.98 Å². The van der Waals surface area contributed by atoms with Gasteiger partial charge in [-0.15, -0.1) is 0 Å². The van der Waals surface area contributed by atoms with Crippen LogP contribution in [0.25, 0.3) is 0 Å². The number of rotatable bonds is 2. The second-order valence-corrected chi connectivity index (χ2v) is 1.49. The summed E-state index contributed by atoms with van der Waals surface area (Å²) in [5, 5.41) is 16.5. The molecular weight excluding hydrogens is 135 g/mol. The quantitative estimate of drug-likeness (QED) is 0.506. The van der Waals surface area contributed by atoms with Crippen LogP contribution in [0.4, 0.5) is 0 Å². The summed E-state index contributed by atoms with van der Waals surface area (Å²) in [4.78, 5) is 7.24. The smallest absolute Gasteiger partial charge is 0.497 e. The molecule has 1 aromatic rings. The molecule has 0 saturated heterocycles. The minimum Gasteiger partial charge on any atom is -0.497 e.